The fraction of sp³-hybridized carbons (Fsp3) is 0.615. The molecule has 0 N–H and O–H groups in total. The second-order valence-electron chi connectivity index (χ2n) is 5.30. The molecule has 1 aliphatic carbocycles. The topological polar surface area (TPSA) is 22.1 Å². The van der Waals surface area contributed by atoms with Gasteiger partial charge < -0.3 is 4.74 Å². The minimum absolute atomic E-state index is 0.119. The number of thioether (sulfide) groups is 1. The van der Waals surface area contributed by atoms with Gasteiger partial charge in [-0.05, 0) is 36.1 Å². The maximum Gasteiger partial charge on any atom is 0.138 e. The smallest absolute Gasteiger partial charge is 0.138 e. The van der Waals surface area contributed by atoms with Crippen LogP contribution in [-0.2, 0) is 5.41 Å². The summed E-state index contributed by atoms with van der Waals surface area (Å²) in [6.45, 7) is 6.64. The lowest BCUT2D eigenvalue weighted by Gasteiger charge is -2.22. The highest BCUT2D eigenvalue weighted by molar-refractivity contribution is 7.98. The van der Waals surface area contributed by atoms with Crippen molar-refractivity contribution in [3.63, 3.8) is 0 Å². The Balaban J connectivity index is 2.29. The molecule has 1 aromatic rings. The van der Waals surface area contributed by atoms with Crippen LogP contribution in [-0.4, -0.2) is 17.3 Å². The molecule has 1 heterocycles. The zero-order chi connectivity index (χ0) is 11.8. The van der Waals surface area contributed by atoms with Crippen LogP contribution in [0.4, 0.5) is 0 Å². The van der Waals surface area contributed by atoms with Crippen molar-refractivity contribution in [1.82, 2.24) is 4.98 Å². The summed E-state index contributed by atoms with van der Waals surface area (Å²) in [5, 5.41) is 1.11. The zero-order valence-electron chi connectivity index (χ0n) is 10.4. The number of ether oxygens (including phenoxy) is 1. The lowest BCUT2D eigenvalue weighted by molar-refractivity contribution is 0.300. The Hall–Kier alpha value is -0.700. The van der Waals surface area contributed by atoms with Gasteiger partial charge in [-0.15, -0.1) is 11.8 Å². The van der Waals surface area contributed by atoms with Gasteiger partial charge in [0.15, 0.2) is 0 Å². The van der Waals surface area contributed by atoms with E-state index < -0.39 is 0 Å². The number of rotatable bonds is 3. The lowest BCUT2D eigenvalue weighted by atomic mass is 9.88. The number of aromatic nitrogens is 1. The van der Waals surface area contributed by atoms with Gasteiger partial charge in [-0.1, -0.05) is 20.8 Å². The molecule has 3 heteroatoms. The van der Waals surface area contributed by atoms with Crippen LogP contribution in [0.15, 0.2) is 17.3 Å². The Morgan fingerprint density at radius 1 is 1.38 bits per heavy atom. The quantitative estimate of drug-likeness (QED) is 0.749. The molecule has 0 amide bonds. The van der Waals surface area contributed by atoms with E-state index in [9.17, 15) is 0 Å². The summed E-state index contributed by atoms with van der Waals surface area (Å²) in [6.07, 6.45) is 6.73. The highest BCUT2D eigenvalue weighted by atomic mass is 32.2. The van der Waals surface area contributed by atoms with E-state index in [0.29, 0.717) is 6.10 Å². The Labute approximate surface area is 102 Å². The van der Waals surface area contributed by atoms with Crippen LogP contribution < -0.4 is 4.74 Å². The molecule has 1 aromatic heterocycles. The van der Waals surface area contributed by atoms with Crippen molar-refractivity contribution in [2.24, 2.45) is 0 Å². The van der Waals surface area contributed by atoms with Crippen molar-refractivity contribution in [3.8, 4) is 5.75 Å². The second kappa shape index (κ2) is 4.28. The molecule has 2 rings (SSSR count). The van der Waals surface area contributed by atoms with E-state index in [0.717, 1.165) is 10.8 Å². The molecule has 0 aromatic carbocycles. The molecule has 0 saturated heterocycles. The molecule has 0 radical (unpaired) electrons. The van der Waals surface area contributed by atoms with E-state index in [-0.39, 0.29) is 5.41 Å². The number of hydrogen-bond donors (Lipinski definition) is 0. The molecular formula is C13H19NOS. The van der Waals surface area contributed by atoms with Gasteiger partial charge in [0.25, 0.3) is 0 Å². The van der Waals surface area contributed by atoms with Gasteiger partial charge in [0.05, 0.1) is 17.3 Å². The first-order chi connectivity index (χ1) is 7.50. The fourth-order valence-electron chi connectivity index (χ4n) is 1.58. The van der Waals surface area contributed by atoms with Crippen molar-refractivity contribution < 1.29 is 4.74 Å². The summed E-state index contributed by atoms with van der Waals surface area (Å²) in [4.78, 5) is 4.48. The normalized spacial score (nSPS) is 16.2. The number of hydrogen-bond acceptors (Lipinski definition) is 3. The SMILES string of the molecule is CSc1ncc(OC2CC2)cc1C(C)(C)C. The van der Waals surface area contributed by atoms with Gasteiger partial charge in [0.2, 0.25) is 0 Å². The first-order valence-corrected chi connectivity index (χ1v) is 6.94. The zero-order valence-corrected chi connectivity index (χ0v) is 11.2. The summed E-state index contributed by atoms with van der Waals surface area (Å²) < 4.78 is 5.79. The number of nitrogens with zero attached hydrogens (tertiary/aromatic N) is 1. The Bertz CT molecular complexity index is 380. The molecule has 0 atom stereocenters. The average molecular weight is 237 g/mol. The van der Waals surface area contributed by atoms with Crippen LogP contribution >= 0.6 is 11.8 Å². The minimum atomic E-state index is 0.119. The van der Waals surface area contributed by atoms with Crippen molar-refractivity contribution in [3.05, 3.63) is 17.8 Å². The van der Waals surface area contributed by atoms with Gasteiger partial charge in [0, 0.05) is 0 Å². The second-order valence-corrected chi connectivity index (χ2v) is 6.09. The van der Waals surface area contributed by atoms with E-state index in [1.165, 1.54) is 18.4 Å². The molecule has 0 bridgehead atoms. The van der Waals surface area contributed by atoms with Crippen molar-refractivity contribution in [2.45, 2.75) is 50.2 Å². The molecule has 1 saturated carbocycles. The first kappa shape index (κ1) is 11.8. The van der Waals surface area contributed by atoms with Crippen LogP contribution in [0.2, 0.25) is 0 Å². The lowest BCUT2D eigenvalue weighted by Crippen LogP contribution is -2.14. The Morgan fingerprint density at radius 2 is 2.06 bits per heavy atom. The highest BCUT2D eigenvalue weighted by Crippen LogP contribution is 2.34. The molecule has 0 aliphatic heterocycles. The number of pyridine rings is 1. The van der Waals surface area contributed by atoms with E-state index in [4.69, 9.17) is 4.74 Å². The van der Waals surface area contributed by atoms with Gasteiger partial charge >= 0.3 is 0 Å². The van der Waals surface area contributed by atoms with Gasteiger partial charge in [-0.2, -0.15) is 0 Å². The van der Waals surface area contributed by atoms with Crippen molar-refractivity contribution in [2.75, 3.05) is 6.26 Å². The molecule has 1 fully saturated rings. The van der Waals surface area contributed by atoms with E-state index in [1.54, 1.807) is 11.8 Å². The van der Waals surface area contributed by atoms with Crippen LogP contribution in [0.1, 0.15) is 39.2 Å². The molecule has 0 spiro atoms. The third kappa shape index (κ3) is 2.70. The third-order valence-corrected chi connectivity index (χ3v) is 3.37. The Morgan fingerprint density at radius 3 is 2.56 bits per heavy atom. The Kier molecular flexibility index (Phi) is 3.15. The van der Waals surface area contributed by atoms with Crippen molar-refractivity contribution in [1.29, 1.82) is 0 Å². The van der Waals surface area contributed by atoms with E-state index in [2.05, 4.69) is 38.1 Å². The van der Waals surface area contributed by atoms with Crippen LogP contribution in [0.3, 0.4) is 0 Å². The first-order valence-electron chi connectivity index (χ1n) is 5.72. The molecule has 1 aliphatic rings. The van der Waals surface area contributed by atoms with Crippen LogP contribution in [0.25, 0.3) is 0 Å². The van der Waals surface area contributed by atoms with Crippen LogP contribution in [0, 0.1) is 0 Å². The monoisotopic (exact) mass is 237 g/mol. The summed E-state index contributed by atoms with van der Waals surface area (Å²) >= 11 is 1.70. The van der Waals surface area contributed by atoms with E-state index in [1.807, 2.05) is 6.20 Å². The largest absolute Gasteiger partial charge is 0.489 e. The summed E-state index contributed by atoms with van der Waals surface area (Å²) in [5.74, 6) is 0.922. The summed E-state index contributed by atoms with van der Waals surface area (Å²) in [7, 11) is 0. The maximum atomic E-state index is 5.79. The maximum absolute atomic E-state index is 5.79. The van der Waals surface area contributed by atoms with E-state index >= 15 is 0 Å². The fourth-order valence-corrected chi connectivity index (χ4v) is 2.32. The van der Waals surface area contributed by atoms with Gasteiger partial charge in [0.1, 0.15) is 5.75 Å². The van der Waals surface area contributed by atoms with Crippen molar-refractivity contribution >= 4 is 11.8 Å². The molecule has 2 nitrogen and oxygen atoms in total. The predicted molar refractivity (Wildman–Crippen MR) is 68.4 cm³/mol. The molecule has 16 heavy (non-hydrogen) atoms. The molecule has 88 valence electrons. The summed E-state index contributed by atoms with van der Waals surface area (Å²) in [5.41, 5.74) is 1.40. The summed E-state index contributed by atoms with van der Waals surface area (Å²) in [6, 6.07) is 2.15. The van der Waals surface area contributed by atoms with Gasteiger partial charge in [-0.3, -0.25) is 0 Å². The minimum Gasteiger partial charge on any atom is -0.489 e. The van der Waals surface area contributed by atoms with Gasteiger partial charge in [-0.25, -0.2) is 4.98 Å². The van der Waals surface area contributed by atoms with Crippen LogP contribution in [0.5, 0.6) is 5.75 Å². The standard InChI is InChI=1S/C13H19NOS/c1-13(2,3)11-7-10(15-9-5-6-9)8-14-12(11)16-4/h7-9H,5-6H2,1-4H3. The highest BCUT2D eigenvalue weighted by Gasteiger charge is 2.25. The predicted octanol–water partition coefficient (Wildman–Crippen LogP) is 3.64. The average Bonchev–Trinajstić information content (AvgIpc) is 3.00. The molecular weight excluding hydrogens is 218 g/mol. The third-order valence-electron chi connectivity index (χ3n) is 2.65. The molecule has 0 unspecified atom stereocenters.